The second kappa shape index (κ2) is 7.51. The molecular weight excluding hydrogens is 378 g/mol. The van der Waals surface area contributed by atoms with Gasteiger partial charge in [0.25, 0.3) is 0 Å². The maximum Gasteiger partial charge on any atom is 0.225 e. The number of nitrogens with zero attached hydrogens (tertiary/aromatic N) is 5. The molecule has 1 aromatic carbocycles. The van der Waals surface area contributed by atoms with Gasteiger partial charge in [0.15, 0.2) is 5.82 Å². The van der Waals surface area contributed by atoms with E-state index >= 15 is 0 Å². The highest BCUT2D eigenvalue weighted by atomic mass is 15.3. The molecule has 0 spiro atoms. The first kappa shape index (κ1) is 18.2. The third-order valence-electron chi connectivity index (χ3n) is 5.01. The van der Waals surface area contributed by atoms with Crippen molar-refractivity contribution in [1.82, 2.24) is 29.8 Å². The van der Waals surface area contributed by atoms with Gasteiger partial charge in [0.1, 0.15) is 11.6 Å². The summed E-state index contributed by atoms with van der Waals surface area (Å²) in [5.74, 6) is 9.33. The van der Waals surface area contributed by atoms with E-state index in [9.17, 15) is 0 Å². The Balaban J connectivity index is 1.28. The van der Waals surface area contributed by atoms with Crippen LogP contribution in [0.25, 0.3) is 11.3 Å². The summed E-state index contributed by atoms with van der Waals surface area (Å²) in [5.41, 5.74) is 3.86. The number of nitrogen functional groups attached to an aromatic ring is 1. The summed E-state index contributed by atoms with van der Waals surface area (Å²) in [7, 11) is 0. The average Bonchev–Trinajstić information content (AvgIpc) is 3.38. The highest BCUT2D eigenvalue weighted by molar-refractivity contribution is 5.58. The van der Waals surface area contributed by atoms with E-state index in [1.807, 2.05) is 55.6 Å². The summed E-state index contributed by atoms with van der Waals surface area (Å²) in [5, 5.41) is 13.9. The Bertz CT molecular complexity index is 1160. The molecule has 4 aromatic rings. The number of nitrogens with one attached hydrogen (secondary N) is 3. The quantitative estimate of drug-likeness (QED) is 0.350. The molecule has 1 saturated carbocycles. The number of aryl methyl sites for hydroxylation is 1. The van der Waals surface area contributed by atoms with Gasteiger partial charge in [-0.05, 0) is 19.8 Å². The maximum atomic E-state index is 6.09. The number of hydrogen-bond donors (Lipinski definition) is 4. The zero-order valence-electron chi connectivity index (χ0n) is 16.6. The summed E-state index contributed by atoms with van der Waals surface area (Å²) in [4.78, 5) is 13.6. The summed E-state index contributed by atoms with van der Waals surface area (Å²) >= 11 is 0. The van der Waals surface area contributed by atoms with Crippen molar-refractivity contribution in [2.75, 3.05) is 16.5 Å². The van der Waals surface area contributed by atoms with Crippen LogP contribution in [0.2, 0.25) is 0 Å². The zero-order chi connectivity index (χ0) is 20.5. The van der Waals surface area contributed by atoms with Crippen LogP contribution in [0.15, 0.2) is 48.7 Å². The lowest BCUT2D eigenvalue weighted by atomic mass is 10.2. The number of hydrogen-bond acceptors (Lipinski definition) is 7. The molecule has 1 fully saturated rings. The van der Waals surface area contributed by atoms with Crippen molar-refractivity contribution in [3.63, 3.8) is 0 Å². The van der Waals surface area contributed by atoms with Crippen molar-refractivity contribution < 1.29 is 0 Å². The van der Waals surface area contributed by atoms with Crippen LogP contribution in [-0.4, -0.2) is 29.8 Å². The molecule has 30 heavy (non-hydrogen) atoms. The zero-order valence-corrected chi connectivity index (χ0v) is 16.6. The Morgan fingerprint density at radius 3 is 2.73 bits per heavy atom. The Morgan fingerprint density at radius 2 is 1.93 bits per heavy atom. The fourth-order valence-electron chi connectivity index (χ4n) is 3.32. The lowest BCUT2D eigenvalue weighted by Crippen LogP contribution is -2.15. The standard InChI is InChI=1S/C21H23N9/c1-13-9-18(26-19-10-16(28-29-19)15-7-8-15)27-21(24-13)23-11-20-25-17(12-30(20)22)14-5-3-2-4-6-14/h2-6,9-10,12,15H,7-8,11,22H2,1H3,(H3,23,24,26,27,28,29). The molecule has 0 atom stereocenters. The van der Waals surface area contributed by atoms with Crippen LogP contribution in [0.1, 0.15) is 36.0 Å². The van der Waals surface area contributed by atoms with E-state index in [1.165, 1.54) is 23.2 Å². The summed E-state index contributed by atoms with van der Waals surface area (Å²) < 4.78 is 1.52. The molecule has 0 unspecified atom stereocenters. The SMILES string of the molecule is Cc1cc(Nc2cc(C3CC3)[nH]n2)nc(NCc2nc(-c3ccccc3)cn2N)n1. The van der Waals surface area contributed by atoms with E-state index in [-0.39, 0.29) is 0 Å². The molecule has 9 nitrogen and oxygen atoms in total. The van der Waals surface area contributed by atoms with Crippen molar-refractivity contribution in [3.05, 3.63) is 65.9 Å². The minimum absolute atomic E-state index is 0.403. The van der Waals surface area contributed by atoms with Gasteiger partial charge < -0.3 is 16.5 Å². The van der Waals surface area contributed by atoms with Gasteiger partial charge in [0, 0.05) is 35.0 Å². The molecule has 3 aromatic heterocycles. The molecule has 9 heteroatoms. The third-order valence-corrected chi connectivity index (χ3v) is 5.01. The summed E-state index contributed by atoms with van der Waals surface area (Å²) in [6, 6.07) is 13.9. The van der Waals surface area contributed by atoms with E-state index in [0.29, 0.717) is 30.1 Å². The van der Waals surface area contributed by atoms with Gasteiger partial charge in [-0.2, -0.15) is 10.1 Å². The molecular formula is C21H23N9. The van der Waals surface area contributed by atoms with Crippen LogP contribution in [-0.2, 0) is 6.54 Å². The number of nitrogens with two attached hydrogens (primary N) is 1. The van der Waals surface area contributed by atoms with Crippen LogP contribution in [0, 0.1) is 6.92 Å². The topological polar surface area (TPSA) is 122 Å². The average molecular weight is 401 g/mol. The normalized spacial score (nSPS) is 13.4. The molecule has 1 aliphatic carbocycles. The van der Waals surface area contributed by atoms with Gasteiger partial charge >= 0.3 is 0 Å². The summed E-state index contributed by atoms with van der Waals surface area (Å²) in [6.45, 7) is 2.33. The second-order valence-corrected chi connectivity index (χ2v) is 7.50. The first-order valence-electron chi connectivity index (χ1n) is 9.95. The Morgan fingerprint density at radius 1 is 1.10 bits per heavy atom. The smallest absolute Gasteiger partial charge is 0.225 e. The highest BCUT2D eigenvalue weighted by Gasteiger charge is 2.25. The first-order chi connectivity index (χ1) is 14.6. The van der Waals surface area contributed by atoms with Crippen molar-refractivity contribution in [2.45, 2.75) is 32.2 Å². The molecule has 1 aliphatic rings. The number of aromatic nitrogens is 6. The Hall–Kier alpha value is -3.88. The molecule has 0 amide bonds. The third kappa shape index (κ3) is 3.95. The number of benzene rings is 1. The molecule has 0 radical (unpaired) electrons. The van der Waals surface area contributed by atoms with Crippen molar-refractivity contribution in [1.29, 1.82) is 0 Å². The van der Waals surface area contributed by atoms with E-state index in [4.69, 9.17) is 5.84 Å². The van der Waals surface area contributed by atoms with Gasteiger partial charge in [-0.25, -0.2) is 9.97 Å². The fraction of sp³-hybridized carbons (Fsp3) is 0.238. The Kier molecular flexibility index (Phi) is 4.55. The molecule has 5 rings (SSSR count). The van der Waals surface area contributed by atoms with E-state index in [0.717, 1.165) is 22.8 Å². The lowest BCUT2D eigenvalue weighted by Gasteiger charge is -2.08. The predicted molar refractivity (Wildman–Crippen MR) is 116 cm³/mol. The van der Waals surface area contributed by atoms with Gasteiger partial charge in [-0.1, -0.05) is 30.3 Å². The van der Waals surface area contributed by atoms with Gasteiger partial charge in [0.05, 0.1) is 18.4 Å². The number of rotatable bonds is 7. The fourth-order valence-corrected chi connectivity index (χ4v) is 3.32. The van der Waals surface area contributed by atoms with Crippen LogP contribution in [0.4, 0.5) is 17.6 Å². The number of aromatic amines is 1. The van der Waals surface area contributed by atoms with Crippen molar-refractivity contribution >= 4 is 17.6 Å². The van der Waals surface area contributed by atoms with E-state index < -0.39 is 0 Å². The van der Waals surface area contributed by atoms with Gasteiger partial charge in [0.2, 0.25) is 5.95 Å². The molecule has 152 valence electrons. The van der Waals surface area contributed by atoms with E-state index in [1.54, 1.807) is 0 Å². The Labute approximate surface area is 173 Å². The van der Waals surface area contributed by atoms with Gasteiger partial charge in [-0.3, -0.25) is 9.77 Å². The van der Waals surface area contributed by atoms with Crippen LogP contribution >= 0.6 is 0 Å². The molecule has 0 aliphatic heterocycles. The lowest BCUT2D eigenvalue weighted by molar-refractivity contribution is 0.855. The minimum Gasteiger partial charge on any atom is -0.347 e. The molecule has 0 bridgehead atoms. The van der Waals surface area contributed by atoms with Crippen LogP contribution < -0.4 is 16.5 Å². The minimum atomic E-state index is 0.403. The van der Waals surface area contributed by atoms with Gasteiger partial charge in [-0.15, -0.1) is 0 Å². The summed E-state index contributed by atoms with van der Waals surface area (Å²) in [6.07, 6.45) is 4.27. The molecule has 5 N–H and O–H groups in total. The van der Waals surface area contributed by atoms with Crippen molar-refractivity contribution in [3.8, 4) is 11.3 Å². The molecule has 0 saturated heterocycles. The monoisotopic (exact) mass is 401 g/mol. The highest BCUT2D eigenvalue weighted by Crippen LogP contribution is 2.39. The van der Waals surface area contributed by atoms with Crippen LogP contribution in [0.5, 0.6) is 0 Å². The number of anilines is 3. The van der Waals surface area contributed by atoms with Crippen molar-refractivity contribution in [2.24, 2.45) is 0 Å². The van der Waals surface area contributed by atoms with E-state index in [2.05, 4.69) is 35.8 Å². The first-order valence-corrected chi connectivity index (χ1v) is 9.95. The number of H-pyrrole nitrogens is 1. The number of imidazole rings is 1. The second-order valence-electron chi connectivity index (χ2n) is 7.50. The molecule has 3 heterocycles. The predicted octanol–water partition coefficient (Wildman–Crippen LogP) is 3.32. The maximum absolute atomic E-state index is 6.09. The largest absolute Gasteiger partial charge is 0.347 e. The van der Waals surface area contributed by atoms with Crippen LogP contribution in [0.3, 0.4) is 0 Å².